The van der Waals surface area contributed by atoms with E-state index in [-0.39, 0.29) is 12.6 Å². The summed E-state index contributed by atoms with van der Waals surface area (Å²) in [6, 6.07) is 0. The molecule has 1 fully saturated rings. The first-order valence-electron chi connectivity index (χ1n) is 3.12. The molecule has 10 heavy (non-hydrogen) atoms. The van der Waals surface area contributed by atoms with Crippen LogP contribution in [0.5, 0.6) is 0 Å². The van der Waals surface area contributed by atoms with E-state index in [1.54, 1.807) is 6.21 Å². The number of allylic oxidation sites excluding steroid dienone is 1. The van der Waals surface area contributed by atoms with E-state index in [1.807, 2.05) is 17.3 Å². The van der Waals surface area contributed by atoms with Crippen molar-refractivity contribution in [2.24, 2.45) is 10.7 Å². The molecule has 0 radical (unpaired) electrons. The van der Waals surface area contributed by atoms with Crippen LogP contribution in [0.3, 0.4) is 0 Å². The Hall–Kier alpha value is -0.910. The van der Waals surface area contributed by atoms with E-state index in [0.717, 1.165) is 0 Å². The molecular formula is C5H9N5. The average molecular weight is 139 g/mol. The minimum atomic E-state index is -0.190. The zero-order valence-electron chi connectivity index (χ0n) is 5.36. The largest absolute Gasteiger partial charge is 0.302 e. The number of nitrogens with two attached hydrogens (primary N) is 1. The highest BCUT2D eigenvalue weighted by Gasteiger charge is 2.25. The van der Waals surface area contributed by atoms with Crippen molar-refractivity contribution in [2.45, 2.75) is 12.6 Å². The Bertz CT molecular complexity index is 166. The van der Waals surface area contributed by atoms with Crippen LogP contribution in [-0.4, -0.2) is 23.8 Å². The van der Waals surface area contributed by atoms with Gasteiger partial charge in [0.05, 0.1) is 0 Å². The molecule has 2 aliphatic rings. The SMILES string of the molecule is NC1NC2N=CC=CN2N1. The summed E-state index contributed by atoms with van der Waals surface area (Å²) in [5.41, 5.74) is 8.48. The summed E-state index contributed by atoms with van der Waals surface area (Å²) < 4.78 is 0. The Balaban J connectivity index is 2.14. The maximum atomic E-state index is 5.52. The van der Waals surface area contributed by atoms with E-state index in [0.29, 0.717) is 0 Å². The minimum Gasteiger partial charge on any atom is -0.302 e. The fraction of sp³-hybridized carbons (Fsp3) is 0.400. The number of aliphatic imine (C=N–C) groups is 1. The fourth-order valence-electron chi connectivity index (χ4n) is 1.01. The second-order valence-electron chi connectivity index (χ2n) is 2.19. The fourth-order valence-corrected chi connectivity index (χ4v) is 1.01. The van der Waals surface area contributed by atoms with Crippen molar-refractivity contribution < 1.29 is 0 Å². The summed E-state index contributed by atoms with van der Waals surface area (Å²) >= 11 is 0. The lowest BCUT2D eigenvalue weighted by atomic mass is 10.5. The Morgan fingerprint density at radius 3 is 3.30 bits per heavy atom. The van der Waals surface area contributed by atoms with Crippen molar-refractivity contribution in [3.05, 3.63) is 12.3 Å². The van der Waals surface area contributed by atoms with Gasteiger partial charge in [0.15, 0.2) is 6.29 Å². The summed E-state index contributed by atoms with van der Waals surface area (Å²) in [4.78, 5) is 4.10. The van der Waals surface area contributed by atoms with E-state index < -0.39 is 0 Å². The minimum absolute atomic E-state index is 0.0278. The van der Waals surface area contributed by atoms with Gasteiger partial charge in [0.25, 0.3) is 0 Å². The third-order valence-electron chi connectivity index (χ3n) is 1.44. The summed E-state index contributed by atoms with van der Waals surface area (Å²) in [6.45, 7) is 0. The lowest BCUT2D eigenvalue weighted by molar-refractivity contribution is 0.263. The van der Waals surface area contributed by atoms with E-state index in [4.69, 9.17) is 5.73 Å². The summed E-state index contributed by atoms with van der Waals surface area (Å²) in [5, 5.41) is 4.82. The molecule has 0 aromatic rings. The van der Waals surface area contributed by atoms with Gasteiger partial charge < -0.3 is 5.73 Å². The molecule has 2 rings (SSSR count). The highest BCUT2D eigenvalue weighted by Crippen LogP contribution is 2.04. The molecule has 2 aliphatic heterocycles. The molecule has 0 bridgehead atoms. The van der Waals surface area contributed by atoms with Gasteiger partial charge in [0.1, 0.15) is 6.29 Å². The summed E-state index contributed by atoms with van der Waals surface area (Å²) in [7, 11) is 0. The van der Waals surface area contributed by atoms with Crippen molar-refractivity contribution in [2.75, 3.05) is 0 Å². The van der Waals surface area contributed by atoms with Crippen LogP contribution in [0.15, 0.2) is 17.3 Å². The molecule has 5 nitrogen and oxygen atoms in total. The second-order valence-corrected chi connectivity index (χ2v) is 2.19. The monoisotopic (exact) mass is 139 g/mol. The van der Waals surface area contributed by atoms with Crippen LogP contribution in [-0.2, 0) is 0 Å². The van der Waals surface area contributed by atoms with Crippen molar-refractivity contribution >= 4 is 6.21 Å². The van der Waals surface area contributed by atoms with Crippen LogP contribution in [0.2, 0.25) is 0 Å². The van der Waals surface area contributed by atoms with Crippen LogP contribution >= 0.6 is 0 Å². The van der Waals surface area contributed by atoms with Crippen LogP contribution in [0.4, 0.5) is 0 Å². The zero-order chi connectivity index (χ0) is 6.97. The van der Waals surface area contributed by atoms with Gasteiger partial charge in [-0.3, -0.25) is 10.0 Å². The first-order valence-corrected chi connectivity index (χ1v) is 3.12. The predicted octanol–water partition coefficient (Wildman–Crippen LogP) is -1.48. The third-order valence-corrected chi connectivity index (χ3v) is 1.44. The van der Waals surface area contributed by atoms with Crippen molar-refractivity contribution in [3.63, 3.8) is 0 Å². The smallest absolute Gasteiger partial charge is 0.191 e. The van der Waals surface area contributed by atoms with E-state index in [1.165, 1.54) is 0 Å². The highest BCUT2D eigenvalue weighted by molar-refractivity contribution is 5.71. The summed E-state index contributed by atoms with van der Waals surface area (Å²) in [6.07, 6.45) is 5.26. The van der Waals surface area contributed by atoms with Gasteiger partial charge in [0, 0.05) is 12.4 Å². The lowest BCUT2D eigenvalue weighted by Gasteiger charge is -2.18. The molecule has 5 heteroatoms. The molecular weight excluding hydrogens is 130 g/mol. The van der Waals surface area contributed by atoms with Crippen LogP contribution < -0.4 is 16.5 Å². The van der Waals surface area contributed by atoms with E-state index in [9.17, 15) is 0 Å². The number of hydrogen-bond donors (Lipinski definition) is 3. The van der Waals surface area contributed by atoms with Gasteiger partial charge in [-0.25, -0.2) is 10.7 Å². The van der Waals surface area contributed by atoms with Gasteiger partial charge in [0.2, 0.25) is 0 Å². The Kier molecular flexibility index (Phi) is 1.20. The zero-order valence-corrected chi connectivity index (χ0v) is 5.36. The predicted molar refractivity (Wildman–Crippen MR) is 37.5 cm³/mol. The Morgan fingerprint density at radius 2 is 2.50 bits per heavy atom. The molecule has 0 aromatic heterocycles. The molecule has 0 saturated carbocycles. The molecule has 2 heterocycles. The third kappa shape index (κ3) is 0.804. The van der Waals surface area contributed by atoms with E-state index in [2.05, 4.69) is 15.7 Å². The molecule has 0 aromatic carbocycles. The first-order chi connectivity index (χ1) is 4.86. The van der Waals surface area contributed by atoms with Gasteiger partial charge in [-0.2, -0.15) is 0 Å². The quantitative estimate of drug-likeness (QED) is 0.383. The number of nitrogens with zero attached hydrogens (tertiary/aromatic N) is 2. The van der Waals surface area contributed by atoms with Crippen molar-refractivity contribution in [1.29, 1.82) is 0 Å². The number of hydrazine groups is 1. The van der Waals surface area contributed by atoms with Crippen molar-refractivity contribution in [1.82, 2.24) is 15.8 Å². The Morgan fingerprint density at radius 1 is 1.60 bits per heavy atom. The summed E-state index contributed by atoms with van der Waals surface area (Å²) in [5.74, 6) is 0. The molecule has 0 spiro atoms. The number of hydrogen-bond acceptors (Lipinski definition) is 5. The van der Waals surface area contributed by atoms with Crippen molar-refractivity contribution in [3.8, 4) is 0 Å². The highest BCUT2D eigenvalue weighted by atomic mass is 15.7. The number of rotatable bonds is 0. The maximum Gasteiger partial charge on any atom is 0.191 e. The number of fused-ring (bicyclic) bond motifs is 1. The van der Waals surface area contributed by atoms with Gasteiger partial charge in [-0.05, 0) is 6.08 Å². The van der Waals surface area contributed by atoms with E-state index >= 15 is 0 Å². The Labute approximate surface area is 58.6 Å². The molecule has 1 saturated heterocycles. The molecule has 0 amide bonds. The first kappa shape index (κ1) is 5.84. The lowest BCUT2D eigenvalue weighted by Crippen LogP contribution is -2.41. The van der Waals surface area contributed by atoms with Gasteiger partial charge in [-0.1, -0.05) is 0 Å². The van der Waals surface area contributed by atoms with Crippen LogP contribution in [0.25, 0.3) is 0 Å². The van der Waals surface area contributed by atoms with Gasteiger partial charge in [-0.15, -0.1) is 0 Å². The van der Waals surface area contributed by atoms with Gasteiger partial charge >= 0.3 is 0 Å². The topological polar surface area (TPSA) is 65.7 Å². The normalized spacial score (nSPS) is 36.7. The second kappa shape index (κ2) is 2.05. The molecule has 2 atom stereocenters. The molecule has 2 unspecified atom stereocenters. The maximum absolute atomic E-state index is 5.52. The molecule has 4 N–H and O–H groups in total. The molecule has 54 valence electrons. The van der Waals surface area contributed by atoms with Crippen LogP contribution in [0, 0.1) is 0 Å². The average Bonchev–Trinajstić information content (AvgIpc) is 2.27. The molecule has 0 aliphatic carbocycles. The standard InChI is InChI=1S/C5H9N5/c6-4-8-5-7-2-1-3-10(5)9-4/h1-5,8-9H,6H2. The number of nitrogens with one attached hydrogen (secondary N) is 2. The van der Waals surface area contributed by atoms with Crippen LogP contribution in [0.1, 0.15) is 0 Å².